The first kappa shape index (κ1) is 42.8. The highest BCUT2D eigenvalue weighted by molar-refractivity contribution is 5.85. The normalized spacial score (nSPS) is 26.2. The number of likely N-dealkylation sites (N-methyl/N-ethyl adjacent to an activating group) is 2. The lowest BCUT2D eigenvalue weighted by atomic mass is 9.85. The number of piperazine rings is 1. The topological polar surface area (TPSA) is 210 Å². The molecule has 0 radical (unpaired) electrons. The number of aliphatic carboxylic acids is 2. The minimum absolute atomic E-state index is 0. The summed E-state index contributed by atoms with van der Waals surface area (Å²) in [5.41, 5.74) is 11.1. The average molecular weight is 645 g/mol. The first-order valence-electron chi connectivity index (χ1n) is 15.7. The smallest absolute Gasteiger partial charge is 0.322 e. The third-order valence-electron chi connectivity index (χ3n) is 8.95. The Kier molecular flexibility index (Phi) is 20.6. The summed E-state index contributed by atoms with van der Waals surface area (Å²) in [5.74, 6) is -0.594. The van der Waals surface area contributed by atoms with Crippen molar-refractivity contribution in [2.75, 3.05) is 80.5 Å². The Balaban J connectivity index is 0.000000573. The number of ketones is 1. The maximum Gasteiger partial charge on any atom is 0.322 e. The van der Waals surface area contributed by atoms with E-state index in [4.69, 9.17) is 26.8 Å². The van der Waals surface area contributed by atoms with Gasteiger partial charge in [-0.25, -0.2) is 0 Å². The Bertz CT molecular complexity index is 893. The van der Waals surface area contributed by atoms with Crippen molar-refractivity contribution in [3.63, 3.8) is 0 Å². The van der Waals surface area contributed by atoms with Crippen molar-refractivity contribution in [1.29, 1.82) is 0 Å². The van der Waals surface area contributed by atoms with Crippen LogP contribution in [-0.4, -0.2) is 158 Å². The molecule has 10 N–H and O–H groups in total. The molecule has 4 atom stereocenters. The Morgan fingerprint density at radius 3 is 1.84 bits per heavy atom. The summed E-state index contributed by atoms with van der Waals surface area (Å²) in [6, 6.07) is -0.634. The highest BCUT2D eigenvalue weighted by Crippen LogP contribution is 2.22. The van der Waals surface area contributed by atoms with Crippen molar-refractivity contribution < 1.29 is 29.7 Å². The first-order chi connectivity index (χ1) is 20.6. The summed E-state index contributed by atoms with van der Waals surface area (Å²) < 4.78 is 0. The highest BCUT2D eigenvalue weighted by atomic mass is 16.4. The average Bonchev–Trinajstić information content (AvgIpc) is 3.47. The first-order valence-corrected chi connectivity index (χ1v) is 15.7. The number of rotatable bonds is 7. The minimum atomic E-state index is -0.758. The van der Waals surface area contributed by atoms with Crippen LogP contribution in [0, 0.1) is 5.92 Å². The number of likely N-dealkylation sites (tertiary alicyclic amines) is 2. The van der Waals surface area contributed by atoms with E-state index in [0.717, 1.165) is 65.1 Å². The molecule has 0 saturated carbocycles. The molecule has 4 fully saturated rings. The van der Waals surface area contributed by atoms with Gasteiger partial charge in [-0.15, -0.1) is 0 Å². The molecule has 4 aliphatic heterocycles. The second-order valence-corrected chi connectivity index (χ2v) is 12.7. The van der Waals surface area contributed by atoms with Gasteiger partial charge in [0, 0.05) is 45.3 Å². The number of aliphatic hydroxyl groups is 1. The van der Waals surface area contributed by atoms with Crippen molar-refractivity contribution in [2.24, 2.45) is 17.4 Å². The van der Waals surface area contributed by atoms with Gasteiger partial charge in [0.05, 0.1) is 11.6 Å². The molecule has 264 valence electrons. The molecule has 4 saturated heterocycles. The van der Waals surface area contributed by atoms with Gasteiger partial charge >= 0.3 is 11.9 Å². The molecule has 0 spiro atoms. The van der Waals surface area contributed by atoms with Gasteiger partial charge in [-0.05, 0) is 92.6 Å². The van der Waals surface area contributed by atoms with Crippen LogP contribution in [-0.2, 0) is 14.4 Å². The summed E-state index contributed by atoms with van der Waals surface area (Å²) in [6.07, 6.45) is 5.56. The fraction of sp³-hybridized carbons (Fsp3) is 0.839. The summed E-state index contributed by atoms with van der Waals surface area (Å²) >= 11 is 0. The van der Waals surface area contributed by atoms with Crippen LogP contribution in [0.15, 0.2) is 12.3 Å². The van der Waals surface area contributed by atoms with Crippen LogP contribution in [0.25, 0.3) is 0 Å². The summed E-state index contributed by atoms with van der Waals surface area (Å²) in [7, 11) is 7.97. The maximum absolute atomic E-state index is 11.1. The molecule has 0 aromatic rings. The molecule has 4 unspecified atom stereocenters. The Hall–Kier alpha value is -2.17. The van der Waals surface area contributed by atoms with E-state index in [-0.39, 0.29) is 37.1 Å². The van der Waals surface area contributed by atoms with Gasteiger partial charge in [0.25, 0.3) is 0 Å². The maximum atomic E-state index is 11.1. The number of carbonyl (C=O) groups is 3. The van der Waals surface area contributed by atoms with E-state index in [1.807, 2.05) is 19.0 Å². The van der Waals surface area contributed by atoms with Gasteiger partial charge in [0.1, 0.15) is 23.6 Å². The van der Waals surface area contributed by atoms with Crippen LogP contribution in [0.3, 0.4) is 0 Å². The number of carboxylic acids is 2. The van der Waals surface area contributed by atoms with Gasteiger partial charge in [-0.3, -0.25) is 14.4 Å². The molecule has 14 nitrogen and oxygen atoms in total. The summed E-state index contributed by atoms with van der Waals surface area (Å²) in [6.45, 7) is 12.3. The van der Waals surface area contributed by atoms with Crippen molar-refractivity contribution >= 4 is 17.7 Å². The molecule has 0 aromatic carbocycles. The van der Waals surface area contributed by atoms with E-state index in [2.05, 4.69) is 46.4 Å². The quantitative estimate of drug-likeness (QED) is 0.168. The number of nitrogens with one attached hydrogen (secondary N) is 3. The van der Waals surface area contributed by atoms with E-state index in [0.29, 0.717) is 24.9 Å². The van der Waals surface area contributed by atoms with Crippen LogP contribution in [0.4, 0.5) is 0 Å². The lowest BCUT2D eigenvalue weighted by molar-refractivity contribution is -0.141. The molecular weight excluding hydrogens is 580 g/mol. The number of piperidine rings is 2. The third-order valence-corrected chi connectivity index (χ3v) is 8.95. The minimum Gasteiger partial charge on any atom is -0.511 e. The van der Waals surface area contributed by atoms with Crippen LogP contribution in [0.2, 0.25) is 0 Å². The zero-order chi connectivity index (χ0) is 33.4. The molecule has 4 aliphatic rings. The van der Waals surface area contributed by atoms with Gasteiger partial charge in [-0.1, -0.05) is 14.0 Å². The largest absolute Gasteiger partial charge is 0.511 e. The number of hydrogen-bond acceptors (Lipinski definition) is 12. The highest BCUT2D eigenvalue weighted by Gasteiger charge is 2.33. The molecule has 0 aliphatic carbocycles. The van der Waals surface area contributed by atoms with Crippen molar-refractivity contribution in [3.8, 4) is 0 Å². The fourth-order valence-electron chi connectivity index (χ4n) is 5.37. The number of hydrogen-bond donors (Lipinski definition) is 8. The van der Waals surface area contributed by atoms with E-state index < -0.39 is 17.5 Å². The van der Waals surface area contributed by atoms with E-state index in [1.54, 1.807) is 6.92 Å². The second-order valence-electron chi connectivity index (χ2n) is 12.7. The Morgan fingerprint density at radius 1 is 0.933 bits per heavy atom. The van der Waals surface area contributed by atoms with Crippen LogP contribution in [0.5, 0.6) is 0 Å². The molecule has 4 heterocycles. The molecule has 0 bridgehead atoms. The molecular formula is C31H64N8O6. The van der Waals surface area contributed by atoms with Crippen LogP contribution >= 0.6 is 0 Å². The second kappa shape index (κ2) is 21.6. The monoisotopic (exact) mass is 644 g/mol. The van der Waals surface area contributed by atoms with E-state index in [1.165, 1.54) is 12.8 Å². The molecule has 4 rings (SSSR count). The Labute approximate surface area is 270 Å². The standard InChI is InChI=1S/C10H20N2O.C8H16N2O.2C6H12N2O2.CH4/c1-8(13)10(11)7-9-3-5-12(2)6-4-9;1-7(11)8(9)3-5-10(2)6-4-8;1-7-4-2-5(6(9)10)8-3-4;1-8-3-2-7-5(4-8)6(9)10;/h9-10,13H,1,3-7,11H2,2H3;3-6,9H2,1-2H3;4-5,7-8H,2-3H2,1H3,(H,9,10);5,7H,2-4H2,1H3,(H,9,10);1H4. The number of aliphatic hydroxyl groups excluding tert-OH is 1. The van der Waals surface area contributed by atoms with Crippen molar-refractivity contribution in [2.45, 2.75) is 82.6 Å². The fourth-order valence-corrected chi connectivity index (χ4v) is 5.37. The third kappa shape index (κ3) is 16.8. The van der Waals surface area contributed by atoms with Crippen LogP contribution in [0.1, 0.15) is 52.9 Å². The van der Waals surface area contributed by atoms with E-state index >= 15 is 0 Å². The zero-order valence-corrected chi connectivity index (χ0v) is 27.6. The number of Topliss-reactive ketones (excluding diaryl/α,β-unsaturated/α-hetero) is 1. The van der Waals surface area contributed by atoms with Gasteiger partial charge in [-0.2, -0.15) is 0 Å². The lowest BCUT2D eigenvalue weighted by Crippen LogP contribution is -2.54. The van der Waals surface area contributed by atoms with Gasteiger partial charge < -0.3 is 57.4 Å². The molecule has 0 amide bonds. The van der Waals surface area contributed by atoms with Crippen molar-refractivity contribution in [1.82, 2.24) is 30.7 Å². The van der Waals surface area contributed by atoms with Crippen LogP contribution < -0.4 is 27.4 Å². The van der Waals surface area contributed by atoms with E-state index in [9.17, 15) is 14.4 Å². The number of nitrogens with zero attached hydrogens (tertiary/aromatic N) is 3. The number of carbonyl (C=O) groups excluding carboxylic acids is 1. The molecule has 14 heteroatoms. The predicted octanol–water partition coefficient (Wildman–Crippen LogP) is -0.253. The SMILES string of the molecule is C.C=C(O)C(N)CC1CCN(C)CC1.CC(=O)C1(N)CCN(C)CC1.CN1CCNC(C(=O)O)C1.CNC1CNC(C(=O)O)C1. The van der Waals surface area contributed by atoms with Crippen molar-refractivity contribution in [3.05, 3.63) is 12.3 Å². The number of nitrogens with two attached hydrogens (primary N) is 2. The lowest BCUT2D eigenvalue weighted by Gasteiger charge is -2.35. The van der Waals surface area contributed by atoms with Gasteiger partial charge in [0.15, 0.2) is 0 Å². The summed E-state index contributed by atoms with van der Waals surface area (Å²) in [4.78, 5) is 38.4. The Morgan fingerprint density at radius 2 is 1.47 bits per heavy atom. The van der Waals surface area contributed by atoms with Gasteiger partial charge in [0.2, 0.25) is 0 Å². The predicted molar refractivity (Wildman–Crippen MR) is 179 cm³/mol. The zero-order valence-electron chi connectivity index (χ0n) is 27.6. The number of carboxylic acid groups (broad SMARTS) is 2. The summed E-state index contributed by atoms with van der Waals surface area (Å²) in [5, 5.41) is 35.0. The molecule has 0 aromatic heterocycles. The molecule has 45 heavy (non-hydrogen) atoms.